The summed E-state index contributed by atoms with van der Waals surface area (Å²) in [5.74, 6) is 1.11. The van der Waals surface area contributed by atoms with Gasteiger partial charge in [-0.15, -0.1) is 0 Å². The minimum atomic E-state index is -3.42. The van der Waals surface area contributed by atoms with Crippen molar-refractivity contribution in [3.8, 4) is 11.5 Å². The van der Waals surface area contributed by atoms with Crippen LogP contribution in [-0.4, -0.2) is 45.4 Å². The summed E-state index contributed by atoms with van der Waals surface area (Å²) in [5.41, 5.74) is 1.49. The number of hydrogen-bond donors (Lipinski definition) is 1. The number of anilines is 1. The van der Waals surface area contributed by atoms with E-state index in [2.05, 4.69) is 12.2 Å². The van der Waals surface area contributed by atoms with E-state index in [-0.39, 0.29) is 12.3 Å². The fourth-order valence-electron chi connectivity index (χ4n) is 3.56. The topological polar surface area (TPSA) is 84.9 Å². The van der Waals surface area contributed by atoms with Gasteiger partial charge in [0.25, 0.3) is 0 Å². The number of methoxy groups -OCH3 is 1. The second-order valence-electron chi connectivity index (χ2n) is 7.87. The molecule has 1 N–H and O–H groups in total. The predicted molar refractivity (Wildman–Crippen MR) is 125 cm³/mol. The van der Waals surface area contributed by atoms with Crippen molar-refractivity contribution in [1.29, 1.82) is 0 Å². The number of sulfonamides is 1. The van der Waals surface area contributed by atoms with E-state index in [9.17, 15) is 13.2 Å². The zero-order valence-electron chi connectivity index (χ0n) is 18.8. The number of carbonyl (C=O) groups excluding carboxylic acids is 1. The maximum atomic E-state index is 12.6. The van der Waals surface area contributed by atoms with Gasteiger partial charge >= 0.3 is 0 Å². The Morgan fingerprint density at radius 2 is 1.81 bits per heavy atom. The molecular weight excluding hydrogens is 428 g/mol. The fraction of sp³-hybridized carbons (Fsp3) is 0.458. The Morgan fingerprint density at radius 1 is 1.09 bits per heavy atom. The summed E-state index contributed by atoms with van der Waals surface area (Å²) in [6, 6.07) is 12.2. The first-order valence-corrected chi connectivity index (χ1v) is 12.6. The van der Waals surface area contributed by atoms with Gasteiger partial charge in [0.05, 0.1) is 24.3 Å². The Bertz CT molecular complexity index is 1000. The van der Waals surface area contributed by atoms with Gasteiger partial charge in [-0.05, 0) is 55.5 Å². The Hall–Kier alpha value is -2.58. The second kappa shape index (κ2) is 11.3. The van der Waals surface area contributed by atoms with Gasteiger partial charge in [-0.25, -0.2) is 8.42 Å². The molecule has 1 aliphatic heterocycles. The standard InChI is InChI=1S/C24H32N2O5S/c1-3-4-17-31-23-13-10-20(30-2)18-22(23)25-24(27)14-9-19-7-11-21(12-8-19)32(28,29)26-15-5-6-16-26/h7-8,10-13,18H,3-6,9,14-17H2,1-2H3,(H,25,27). The highest BCUT2D eigenvalue weighted by Crippen LogP contribution is 2.30. The van der Waals surface area contributed by atoms with Crippen LogP contribution in [0.4, 0.5) is 5.69 Å². The molecule has 3 rings (SSSR count). The molecule has 174 valence electrons. The molecule has 1 amide bonds. The number of carbonyl (C=O) groups is 1. The zero-order chi connectivity index (χ0) is 23.0. The van der Waals surface area contributed by atoms with Crippen LogP contribution in [0.25, 0.3) is 0 Å². The van der Waals surface area contributed by atoms with Crippen molar-refractivity contribution in [2.45, 2.75) is 50.3 Å². The third-order valence-electron chi connectivity index (χ3n) is 5.48. The molecule has 0 aliphatic carbocycles. The Morgan fingerprint density at radius 3 is 2.47 bits per heavy atom. The Kier molecular flexibility index (Phi) is 8.53. The number of amides is 1. The normalized spacial score (nSPS) is 14.3. The summed E-state index contributed by atoms with van der Waals surface area (Å²) in [6.07, 6.45) is 4.55. The van der Waals surface area contributed by atoms with Crippen LogP contribution in [0.3, 0.4) is 0 Å². The summed E-state index contributed by atoms with van der Waals surface area (Å²) >= 11 is 0. The average molecular weight is 461 g/mol. The highest BCUT2D eigenvalue weighted by molar-refractivity contribution is 7.89. The Labute approximate surface area is 190 Å². The summed E-state index contributed by atoms with van der Waals surface area (Å²) in [7, 11) is -1.84. The molecule has 0 atom stereocenters. The molecule has 0 saturated carbocycles. The summed E-state index contributed by atoms with van der Waals surface area (Å²) in [4.78, 5) is 12.9. The van der Waals surface area contributed by atoms with Gasteiger partial charge in [0.15, 0.2) is 0 Å². The molecule has 0 unspecified atom stereocenters. The molecule has 0 radical (unpaired) electrons. The van der Waals surface area contributed by atoms with Gasteiger partial charge in [-0.2, -0.15) is 4.31 Å². The third kappa shape index (κ3) is 6.23. The first-order chi connectivity index (χ1) is 15.4. The first-order valence-electron chi connectivity index (χ1n) is 11.1. The van der Waals surface area contributed by atoms with E-state index in [1.54, 1.807) is 49.6 Å². The third-order valence-corrected chi connectivity index (χ3v) is 7.40. The van der Waals surface area contributed by atoms with Crippen molar-refractivity contribution in [3.63, 3.8) is 0 Å². The van der Waals surface area contributed by atoms with Crippen molar-refractivity contribution < 1.29 is 22.7 Å². The number of ether oxygens (including phenoxy) is 2. The van der Waals surface area contributed by atoms with E-state index in [0.717, 1.165) is 31.2 Å². The van der Waals surface area contributed by atoms with Crippen LogP contribution in [0.15, 0.2) is 47.4 Å². The Balaban J connectivity index is 1.59. The molecule has 1 heterocycles. The van der Waals surface area contributed by atoms with E-state index in [1.807, 2.05) is 0 Å². The predicted octanol–water partition coefficient (Wildman–Crippen LogP) is 4.23. The van der Waals surface area contributed by atoms with Crippen LogP contribution >= 0.6 is 0 Å². The number of benzene rings is 2. The van der Waals surface area contributed by atoms with Crippen molar-refractivity contribution >= 4 is 21.6 Å². The lowest BCUT2D eigenvalue weighted by molar-refractivity contribution is -0.116. The van der Waals surface area contributed by atoms with E-state index in [1.165, 1.54) is 4.31 Å². The van der Waals surface area contributed by atoms with Crippen LogP contribution in [-0.2, 0) is 21.2 Å². The number of unbranched alkanes of at least 4 members (excludes halogenated alkanes) is 1. The molecule has 0 spiro atoms. The average Bonchev–Trinajstić information content (AvgIpc) is 3.35. The van der Waals surface area contributed by atoms with E-state index in [4.69, 9.17) is 9.47 Å². The van der Waals surface area contributed by atoms with Crippen LogP contribution in [0, 0.1) is 0 Å². The summed E-state index contributed by atoms with van der Waals surface area (Å²) in [6.45, 7) is 3.84. The highest BCUT2D eigenvalue weighted by atomic mass is 32.2. The zero-order valence-corrected chi connectivity index (χ0v) is 19.6. The minimum absolute atomic E-state index is 0.146. The van der Waals surface area contributed by atoms with Crippen molar-refractivity contribution in [2.75, 3.05) is 32.1 Å². The van der Waals surface area contributed by atoms with Crippen LogP contribution in [0.1, 0.15) is 44.6 Å². The van der Waals surface area contributed by atoms with Gasteiger partial charge < -0.3 is 14.8 Å². The molecule has 1 saturated heterocycles. The smallest absolute Gasteiger partial charge is 0.243 e. The van der Waals surface area contributed by atoms with Crippen molar-refractivity contribution in [3.05, 3.63) is 48.0 Å². The monoisotopic (exact) mass is 460 g/mol. The van der Waals surface area contributed by atoms with E-state index < -0.39 is 10.0 Å². The molecule has 0 aromatic heterocycles. The molecule has 8 heteroatoms. The molecule has 1 aliphatic rings. The van der Waals surface area contributed by atoms with Crippen molar-refractivity contribution in [1.82, 2.24) is 4.31 Å². The molecule has 1 fully saturated rings. The van der Waals surface area contributed by atoms with Crippen LogP contribution in [0.2, 0.25) is 0 Å². The first kappa shape index (κ1) is 24.1. The summed E-state index contributed by atoms with van der Waals surface area (Å²) in [5, 5.41) is 2.91. The maximum Gasteiger partial charge on any atom is 0.243 e. The van der Waals surface area contributed by atoms with Crippen molar-refractivity contribution in [2.24, 2.45) is 0 Å². The van der Waals surface area contributed by atoms with Gasteiger partial charge in [-0.1, -0.05) is 25.5 Å². The molecule has 2 aromatic carbocycles. The highest BCUT2D eigenvalue weighted by Gasteiger charge is 2.26. The van der Waals surface area contributed by atoms with E-state index >= 15 is 0 Å². The fourth-order valence-corrected chi connectivity index (χ4v) is 5.08. The molecular formula is C24H32N2O5S. The van der Waals surface area contributed by atoms with Crippen LogP contribution in [0.5, 0.6) is 11.5 Å². The van der Waals surface area contributed by atoms with E-state index in [0.29, 0.717) is 48.2 Å². The molecule has 2 aromatic rings. The number of nitrogens with zero attached hydrogens (tertiary/aromatic N) is 1. The lowest BCUT2D eigenvalue weighted by Crippen LogP contribution is -2.27. The second-order valence-corrected chi connectivity index (χ2v) is 9.81. The van der Waals surface area contributed by atoms with Gasteiger partial charge in [0.2, 0.25) is 15.9 Å². The largest absolute Gasteiger partial charge is 0.497 e. The van der Waals surface area contributed by atoms with Gasteiger partial charge in [-0.3, -0.25) is 4.79 Å². The van der Waals surface area contributed by atoms with Gasteiger partial charge in [0, 0.05) is 25.6 Å². The molecule has 0 bridgehead atoms. The number of rotatable bonds is 11. The SMILES string of the molecule is CCCCOc1ccc(OC)cc1NC(=O)CCc1ccc(S(=O)(=O)N2CCCC2)cc1. The van der Waals surface area contributed by atoms with Gasteiger partial charge in [0.1, 0.15) is 11.5 Å². The number of nitrogens with one attached hydrogen (secondary N) is 1. The minimum Gasteiger partial charge on any atom is -0.497 e. The maximum absolute atomic E-state index is 12.6. The summed E-state index contributed by atoms with van der Waals surface area (Å²) < 4.78 is 37.9. The lowest BCUT2D eigenvalue weighted by Gasteiger charge is -2.15. The number of hydrogen-bond acceptors (Lipinski definition) is 5. The van der Waals surface area contributed by atoms with Crippen LogP contribution < -0.4 is 14.8 Å². The molecule has 32 heavy (non-hydrogen) atoms. The lowest BCUT2D eigenvalue weighted by atomic mass is 10.1. The molecule has 7 nitrogen and oxygen atoms in total. The quantitative estimate of drug-likeness (QED) is 0.507. The number of aryl methyl sites for hydroxylation is 1.